The summed E-state index contributed by atoms with van der Waals surface area (Å²) in [4.78, 5) is 0. The minimum atomic E-state index is -4.75. The zero-order chi connectivity index (χ0) is 14.6. The molecule has 3 nitrogen and oxygen atoms in total. The summed E-state index contributed by atoms with van der Waals surface area (Å²) in [6, 6.07) is 2.83. The molecule has 0 amide bonds. The van der Waals surface area contributed by atoms with Crippen LogP contribution in [0.4, 0.5) is 13.2 Å². The number of benzene rings is 1. The lowest BCUT2D eigenvalue weighted by molar-refractivity contribution is -0.274. The maximum Gasteiger partial charge on any atom is 0.573 e. The van der Waals surface area contributed by atoms with E-state index in [-0.39, 0.29) is 29.5 Å². The van der Waals surface area contributed by atoms with E-state index in [0.29, 0.717) is 12.3 Å². The predicted molar refractivity (Wildman–Crippen MR) is 73.0 cm³/mol. The van der Waals surface area contributed by atoms with Crippen molar-refractivity contribution in [1.82, 2.24) is 0 Å². The number of hydrogen-bond donors (Lipinski definition) is 2. The monoisotopic (exact) mass is 313 g/mol. The van der Waals surface area contributed by atoms with Gasteiger partial charge in [0.25, 0.3) is 0 Å². The van der Waals surface area contributed by atoms with Gasteiger partial charge in [-0.3, -0.25) is 0 Å². The molecule has 0 aliphatic carbocycles. The van der Waals surface area contributed by atoms with Gasteiger partial charge < -0.3 is 15.6 Å². The van der Waals surface area contributed by atoms with Crippen molar-refractivity contribution >= 4 is 12.4 Å². The SMILES string of the molecule is CC(C)CC[C@@H](N)c1cc(OC(F)(F)F)ccc1O.Cl. The molecule has 0 unspecified atom stereocenters. The van der Waals surface area contributed by atoms with Gasteiger partial charge in [-0.05, 0) is 37.0 Å². The third-order valence-corrected chi connectivity index (χ3v) is 2.69. The Morgan fingerprint density at radius 1 is 1.25 bits per heavy atom. The second-order valence-corrected chi connectivity index (χ2v) is 4.85. The summed E-state index contributed by atoms with van der Waals surface area (Å²) in [5, 5.41) is 9.65. The van der Waals surface area contributed by atoms with E-state index in [9.17, 15) is 18.3 Å². The second kappa shape index (κ2) is 7.59. The average Bonchev–Trinajstić information content (AvgIpc) is 2.26. The average molecular weight is 314 g/mol. The first-order chi connectivity index (χ1) is 8.69. The zero-order valence-corrected chi connectivity index (χ0v) is 12.1. The van der Waals surface area contributed by atoms with Crippen LogP contribution in [0.2, 0.25) is 0 Å². The number of phenols is 1. The van der Waals surface area contributed by atoms with Gasteiger partial charge in [0.1, 0.15) is 11.5 Å². The van der Waals surface area contributed by atoms with E-state index < -0.39 is 12.4 Å². The number of alkyl halides is 3. The first-order valence-electron chi connectivity index (χ1n) is 6.03. The molecule has 20 heavy (non-hydrogen) atoms. The quantitative estimate of drug-likeness (QED) is 0.858. The molecule has 1 aromatic carbocycles. The van der Waals surface area contributed by atoms with E-state index in [1.54, 1.807) is 0 Å². The second-order valence-electron chi connectivity index (χ2n) is 4.85. The largest absolute Gasteiger partial charge is 0.573 e. The molecule has 0 aliphatic rings. The number of aromatic hydroxyl groups is 1. The van der Waals surface area contributed by atoms with E-state index in [1.165, 1.54) is 0 Å². The van der Waals surface area contributed by atoms with Gasteiger partial charge in [0.15, 0.2) is 0 Å². The smallest absolute Gasteiger partial charge is 0.508 e. The number of hydrogen-bond acceptors (Lipinski definition) is 3. The van der Waals surface area contributed by atoms with Crippen LogP contribution in [0.1, 0.15) is 38.3 Å². The van der Waals surface area contributed by atoms with E-state index in [1.807, 2.05) is 13.8 Å². The molecule has 0 saturated carbocycles. The molecule has 0 fully saturated rings. The summed E-state index contributed by atoms with van der Waals surface area (Å²) >= 11 is 0. The highest BCUT2D eigenvalue weighted by molar-refractivity contribution is 5.85. The molecule has 1 rings (SSSR count). The Morgan fingerprint density at radius 2 is 1.85 bits per heavy atom. The van der Waals surface area contributed by atoms with Gasteiger partial charge in [-0.1, -0.05) is 13.8 Å². The number of halogens is 4. The Balaban J connectivity index is 0.00000361. The van der Waals surface area contributed by atoms with Crippen LogP contribution in [-0.4, -0.2) is 11.5 Å². The Hall–Kier alpha value is -1.14. The number of phenolic OH excluding ortho intramolecular Hbond substituents is 1. The van der Waals surface area contributed by atoms with Gasteiger partial charge in [-0.25, -0.2) is 0 Å². The van der Waals surface area contributed by atoms with Crippen molar-refractivity contribution < 1.29 is 23.0 Å². The summed E-state index contributed by atoms with van der Waals surface area (Å²) < 4.78 is 40.1. The Labute approximate surface area is 122 Å². The highest BCUT2D eigenvalue weighted by atomic mass is 35.5. The molecule has 1 aromatic rings. The van der Waals surface area contributed by atoms with E-state index in [0.717, 1.165) is 24.6 Å². The fourth-order valence-corrected chi connectivity index (χ4v) is 1.70. The van der Waals surface area contributed by atoms with Crippen molar-refractivity contribution in [2.75, 3.05) is 0 Å². The van der Waals surface area contributed by atoms with Crippen molar-refractivity contribution in [1.29, 1.82) is 0 Å². The summed E-state index contributed by atoms with van der Waals surface area (Å²) in [6.07, 6.45) is -3.35. The van der Waals surface area contributed by atoms with Crippen LogP contribution in [0.25, 0.3) is 0 Å². The van der Waals surface area contributed by atoms with Gasteiger partial charge in [-0.15, -0.1) is 25.6 Å². The van der Waals surface area contributed by atoms with Crippen LogP contribution in [0, 0.1) is 5.92 Å². The predicted octanol–water partition coefficient (Wildman–Crippen LogP) is 4.15. The van der Waals surface area contributed by atoms with Crippen LogP contribution in [0.15, 0.2) is 18.2 Å². The molecule has 116 valence electrons. The number of ether oxygens (including phenoxy) is 1. The highest BCUT2D eigenvalue weighted by Crippen LogP contribution is 2.32. The topological polar surface area (TPSA) is 55.5 Å². The third-order valence-electron chi connectivity index (χ3n) is 2.69. The Kier molecular flexibility index (Phi) is 7.16. The van der Waals surface area contributed by atoms with Gasteiger partial charge in [-0.2, -0.15) is 0 Å². The van der Waals surface area contributed by atoms with E-state index in [2.05, 4.69) is 4.74 Å². The summed E-state index contributed by atoms with van der Waals surface area (Å²) in [5.41, 5.74) is 6.15. The molecule has 0 spiro atoms. The van der Waals surface area contributed by atoms with Crippen LogP contribution in [-0.2, 0) is 0 Å². The first-order valence-corrected chi connectivity index (χ1v) is 6.03. The molecule has 0 bridgehead atoms. The zero-order valence-electron chi connectivity index (χ0n) is 11.3. The van der Waals surface area contributed by atoms with Crippen molar-refractivity contribution in [3.05, 3.63) is 23.8 Å². The number of nitrogens with two attached hydrogens (primary N) is 1. The first kappa shape index (κ1) is 18.9. The highest BCUT2D eigenvalue weighted by Gasteiger charge is 2.31. The normalized spacial score (nSPS) is 12.9. The lowest BCUT2D eigenvalue weighted by Gasteiger charge is -2.17. The van der Waals surface area contributed by atoms with Crippen molar-refractivity contribution in [3.8, 4) is 11.5 Å². The molecule has 0 saturated heterocycles. The molecule has 0 aliphatic heterocycles. The number of rotatable bonds is 5. The van der Waals surface area contributed by atoms with Gasteiger partial charge in [0.05, 0.1) is 0 Å². The van der Waals surface area contributed by atoms with Gasteiger partial charge in [0.2, 0.25) is 0 Å². The van der Waals surface area contributed by atoms with E-state index in [4.69, 9.17) is 5.73 Å². The lowest BCUT2D eigenvalue weighted by atomic mass is 9.97. The minimum absolute atomic E-state index is 0. The van der Waals surface area contributed by atoms with Crippen LogP contribution >= 0.6 is 12.4 Å². The van der Waals surface area contributed by atoms with Crippen molar-refractivity contribution in [3.63, 3.8) is 0 Å². The Morgan fingerprint density at radius 3 is 2.35 bits per heavy atom. The van der Waals surface area contributed by atoms with E-state index >= 15 is 0 Å². The molecular weight excluding hydrogens is 295 g/mol. The van der Waals surface area contributed by atoms with Crippen molar-refractivity contribution in [2.24, 2.45) is 11.7 Å². The third kappa shape index (κ3) is 6.34. The molecule has 1 atom stereocenters. The lowest BCUT2D eigenvalue weighted by Crippen LogP contribution is -2.18. The molecule has 0 radical (unpaired) electrons. The van der Waals surface area contributed by atoms with Crippen molar-refractivity contribution in [2.45, 2.75) is 39.1 Å². The van der Waals surface area contributed by atoms with Gasteiger partial charge in [0, 0.05) is 11.6 Å². The molecule has 3 N–H and O–H groups in total. The summed E-state index contributed by atoms with van der Waals surface area (Å²) in [5.74, 6) is -0.0612. The fraction of sp³-hybridized carbons (Fsp3) is 0.538. The van der Waals surface area contributed by atoms with Crippen LogP contribution in [0.3, 0.4) is 0 Å². The fourth-order valence-electron chi connectivity index (χ4n) is 1.70. The minimum Gasteiger partial charge on any atom is -0.508 e. The molecule has 7 heteroatoms. The maximum absolute atomic E-state index is 12.1. The van der Waals surface area contributed by atoms with Gasteiger partial charge >= 0.3 is 6.36 Å². The summed E-state index contributed by atoms with van der Waals surface area (Å²) in [7, 11) is 0. The molecule has 0 aromatic heterocycles. The standard InChI is InChI=1S/C13H18F3NO2.ClH/c1-8(2)3-5-11(17)10-7-9(4-6-12(10)18)19-13(14,15)16;/h4,6-8,11,18H,3,5,17H2,1-2H3;1H/t11-;/m1./s1. The van der Waals surface area contributed by atoms with Crippen LogP contribution in [0.5, 0.6) is 11.5 Å². The summed E-state index contributed by atoms with van der Waals surface area (Å²) in [6.45, 7) is 4.05. The maximum atomic E-state index is 12.1. The van der Waals surface area contributed by atoms with Crippen LogP contribution < -0.4 is 10.5 Å². The molecular formula is C13H19ClF3NO2. The Bertz CT molecular complexity index is 425. The molecule has 0 heterocycles.